The van der Waals surface area contributed by atoms with Crippen molar-refractivity contribution in [3.8, 4) is 0 Å². The summed E-state index contributed by atoms with van der Waals surface area (Å²) in [7, 11) is -1.33. The molecule has 0 bridgehead atoms. The third kappa shape index (κ3) is 2.13. The van der Waals surface area contributed by atoms with Crippen LogP contribution < -0.4 is 4.90 Å². The standard InChI is InChI=1S/C9H12FN2OP/c10-8-1-2-9(11-7-8)12-3-5-14(13)6-4-12/h1-2,7,14H,3-6H2. The third-order valence-corrected chi connectivity index (χ3v) is 3.92. The first kappa shape index (κ1) is 9.66. The molecule has 0 amide bonds. The number of pyridine rings is 1. The first-order valence-electron chi connectivity index (χ1n) is 4.64. The lowest BCUT2D eigenvalue weighted by Crippen LogP contribution is -2.33. The number of anilines is 1. The van der Waals surface area contributed by atoms with Gasteiger partial charge in [-0.3, -0.25) is 0 Å². The van der Waals surface area contributed by atoms with Gasteiger partial charge in [0.05, 0.1) is 14.0 Å². The summed E-state index contributed by atoms with van der Waals surface area (Å²) in [5.74, 6) is 0.459. The van der Waals surface area contributed by atoms with Crippen LogP contribution in [0.25, 0.3) is 0 Å². The first-order chi connectivity index (χ1) is 6.75. The lowest BCUT2D eigenvalue weighted by Gasteiger charge is -2.27. The number of aromatic nitrogens is 1. The van der Waals surface area contributed by atoms with Crippen LogP contribution in [0.3, 0.4) is 0 Å². The fourth-order valence-corrected chi connectivity index (χ4v) is 2.83. The summed E-state index contributed by atoms with van der Waals surface area (Å²) in [6.45, 7) is 1.55. The van der Waals surface area contributed by atoms with Gasteiger partial charge in [-0.2, -0.15) is 0 Å². The molecule has 2 rings (SSSR count). The molecule has 0 spiro atoms. The molecule has 0 N–H and O–H groups in total. The van der Waals surface area contributed by atoms with E-state index < -0.39 is 7.80 Å². The average Bonchev–Trinajstić information content (AvgIpc) is 2.21. The van der Waals surface area contributed by atoms with E-state index >= 15 is 0 Å². The van der Waals surface area contributed by atoms with Crippen molar-refractivity contribution in [1.29, 1.82) is 0 Å². The van der Waals surface area contributed by atoms with Crippen molar-refractivity contribution in [3.05, 3.63) is 24.1 Å². The highest BCUT2D eigenvalue weighted by molar-refractivity contribution is 7.44. The second-order valence-electron chi connectivity index (χ2n) is 3.36. The number of hydrogen-bond acceptors (Lipinski definition) is 3. The molecule has 1 aromatic rings. The van der Waals surface area contributed by atoms with Crippen LogP contribution in [0.2, 0.25) is 0 Å². The van der Waals surface area contributed by atoms with E-state index in [4.69, 9.17) is 0 Å². The Morgan fingerprint density at radius 2 is 2.07 bits per heavy atom. The Hall–Kier alpha value is -0.890. The fourth-order valence-electron chi connectivity index (χ4n) is 1.54. The Bertz CT molecular complexity index is 331. The van der Waals surface area contributed by atoms with Crippen LogP contribution in [0.4, 0.5) is 10.2 Å². The molecule has 0 radical (unpaired) electrons. The van der Waals surface area contributed by atoms with Crippen molar-refractivity contribution in [1.82, 2.24) is 4.98 Å². The van der Waals surface area contributed by atoms with Crippen molar-refractivity contribution in [2.75, 3.05) is 30.3 Å². The van der Waals surface area contributed by atoms with Crippen molar-refractivity contribution in [3.63, 3.8) is 0 Å². The molecule has 14 heavy (non-hydrogen) atoms. The van der Waals surface area contributed by atoms with Crippen LogP contribution in [-0.4, -0.2) is 30.4 Å². The van der Waals surface area contributed by atoms with E-state index in [1.807, 2.05) is 4.90 Å². The van der Waals surface area contributed by atoms with Gasteiger partial charge in [-0.25, -0.2) is 9.37 Å². The lowest BCUT2D eigenvalue weighted by atomic mass is 10.4. The molecule has 0 atom stereocenters. The lowest BCUT2D eigenvalue weighted by molar-refractivity contribution is 0.581. The second-order valence-corrected chi connectivity index (χ2v) is 5.44. The van der Waals surface area contributed by atoms with Gasteiger partial charge in [0.25, 0.3) is 0 Å². The smallest absolute Gasteiger partial charge is 0.141 e. The maximum atomic E-state index is 12.6. The van der Waals surface area contributed by atoms with E-state index in [-0.39, 0.29) is 5.82 Å². The summed E-state index contributed by atoms with van der Waals surface area (Å²) in [6.07, 6.45) is 2.72. The minimum absolute atomic E-state index is 0.320. The summed E-state index contributed by atoms with van der Waals surface area (Å²) in [5, 5.41) is 0. The van der Waals surface area contributed by atoms with Gasteiger partial charge in [0, 0.05) is 25.4 Å². The van der Waals surface area contributed by atoms with Gasteiger partial charge >= 0.3 is 0 Å². The van der Waals surface area contributed by atoms with Crippen LogP contribution in [0.1, 0.15) is 0 Å². The molecule has 76 valence electrons. The van der Waals surface area contributed by atoms with E-state index in [1.54, 1.807) is 6.07 Å². The highest BCUT2D eigenvalue weighted by atomic mass is 31.1. The van der Waals surface area contributed by atoms with Gasteiger partial charge in [-0.15, -0.1) is 0 Å². The van der Waals surface area contributed by atoms with Crippen LogP contribution in [-0.2, 0) is 4.57 Å². The Labute approximate surface area is 82.7 Å². The van der Waals surface area contributed by atoms with Gasteiger partial charge in [0.2, 0.25) is 0 Å². The number of halogens is 1. The van der Waals surface area contributed by atoms with Crippen LogP contribution >= 0.6 is 7.80 Å². The summed E-state index contributed by atoms with van der Waals surface area (Å²) >= 11 is 0. The van der Waals surface area contributed by atoms with Gasteiger partial charge in [0.15, 0.2) is 0 Å². The van der Waals surface area contributed by atoms with Crippen LogP contribution in [0, 0.1) is 5.82 Å². The summed E-state index contributed by atoms with van der Waals surface area (Å²) in [6, 6.07) is 3.07. The topological polar surface area (TPSA) is 33.2 Å². The van der Waals surface area contributed by atoms with Gasteiger partial charge < -0.3 is 9.46 Å². The molecule has 0 aliphatic carbocycles. The first-order valence-corrected chi connectivity index (χ1v) is 6.46. The van der Waals surface area contributed by atoms with Crippen molar-refractivity contribution in [2.45, 2.75) is 0 Å². The van der Waals surface area contributed by atoms with Gasteiger partial charge in [-0.1, -0.05) is 0 Å². The van der Waals surface area contributed by atoms with E-state index in [0.717, 1.165) is 31.2 Å². The largest absolute Gasteiger partial charge is 0.356 e. The molecule has 0 saturated carbocycles. The van der Waals surface area contributed by atoms with E-state index in [9.17, 15) is 8.96 Å². The second kappa shape index (κ2) is 4.09. The minimum Gasteiger partial charge on any atom is -0.356 e. The van der Waals surface area contributed by atoms with Crippen LogP contribution in [0.15, 0.2) is 18.3 Å². The highest BCUT2D eigenvalue weighted by Gasteiger charge is 2.15. The average molecular weight is 214 g/mol. The zero-order valence-corrected chi connectivity index (χ0v) is 8.74. The molecule has 1 aliphatic rings. The number of hydrogen-bond donors (Lipinski definition) is 0. The van der Waals surface area contributed by atoms with Gasteiger partial charge in [-0.05, 0) is 12.1 Å². The molecule has 2 heterocycles. The third-order valence-electron chi connectivity index (χ3n) is 2.36. The fraction of sp³-hybridized carbons (Fsp3) is 0.444. The van der Waals surface area contributed by atoms with Crippen molar-refractivity contribution >= 4 is 13.6 Å². The maximum absolute atomic E-state index is 12.6. The molecule has 5 heteroatoms. The van der Waals surface area contributed by atoms with E-state index in [2.05, 4.69) is 4.98 Å². The molecular formula is C9H12FN2OP. The number of rotatable bonds is 1. The predicted octanol–water partition coefficient (Wildman–Crippen LogP) is 1.60. The maximum Gasteiger partial charge on any atom is 0.141 e. The van der Waals surface area contributed by atoms with E-state index in [1.165, 1.54) is 12.3 Å². The molecule has 1 aromatic heterocycles. The zero-order chi connectivity index (χ0) is 9.97. The highest BCUT2D eigenvalue weighted by Crippen LogP contribution is 2.26. The minimum atomic E-state index is -1.33. The zero-order valence-electron chi connectivity index (χ0n) is 7.74. The Morgan fingerprint density at radius 1 is 1.36 bits per heavy atom. The summed E-state index contributed by atoms with van der Waals surface area (Å²) in [4.78, 5) is 6.03. The number of nitrogens with zero attached hydrogens (tertiary/aromatic N) is 2. The molecule has 0 aromatic carbocycles. The molecule has 3 nitrogen and oxygen atoms in total. The van der Waals surface area contributed by atoms with Gasteiger partial charge in [0.1, 0.15) is 11.6 Å². The molecular weight excluding hydrogens is 202 g/mol. The molecule has 1 aliphatic heterocycles. The normalized spacial score (nSPS) is 18.5. The predicted molar refractivity (Wildman–Crippen MR) is 55.1 cm³/mol. The monoisotopic (exact) mass is 214 g/mol. The quantitative estimate of drug-likeness (QED) is 0.666. The Kier molecular flexibility index (Phi) is 2.82. The Morgan fingerprint density at radius 3 is 2.64 bits per heavy atom. The molecule has 1 fully saturated rings. The van der Waals surface area contributed by atoms with E-state index in [0.29, 0.717) is 0 Å². The summed E-state index contributed by atoms with van der Waals surface area (Å²) in [5.41, 5.74) is 0. The summed E-state index contributed by atoms with van der Waals surface area (Å²) < 4.78 is 23.8. The SMILES string of the molecule is O=[PH]1CCN(c2ccc(F)cn2)CC1. The van der Waals surface area contributed by atoms with Crippen molar-refractivity contribution in [2.24, 2.45) is 0 Å². The molecule has 1 saturated heterocycles. The van der Waals surface area contributed by atoms with Crippen molar-refractivity contribution < 1.29 is 8.96 Å². The molecule has 0 unspecified atom stereocenters. The Balaban J connectivity index is 2.08. The van der Waals surface area contributed by atoms with Crippen LogP contribution in [0.5, 0.6) is 0 Å².